The molecule has 0 bridgehead atoms. The fourth-order valence-corrected chi connectivity index (χ4v) is 1.46. The van der Waals surface area contributed by atoms with E-state index in [2.05, 4.69) is 5.32 Å². The van der Waals surface area contributed by atoms with Crippen molar-refractivity contribution in [2.75, 3.05) is 12.3 Å². The average Bonchev–Trinajstić information content (AvgIpc) is 2.21. The molecular weight excluding hydrogens is 220 g/mol. The lowest BCUT2D eigenvalue weighted by molar-refractivity contribution is 0.0897. The predicted octanol–water partition coefficient (Wildman–Crippen LogP) is 0.865. The fraction of sp³-hybridized carbons (Fsp3) is 0.417. The molecule has 0 aliphatic rings. The summed E-state index contributed by atoms with van der Waals surface area (Å²) in [5, 5.41) is 21.2. The molecule has 0 saturated carbocycles. The zero-order valence-corrected chi connectivity index (χ0v) is 10.0. The molecule has 17 heavy (non-hydrogen) atoms. The zero-order valence-electron chi connectivity index (χ0n) is 10.0. The number of nitrogen functional groups attached to an aromatic ring is 1. The van der Waals surface area contributed by atoms with E-state index in [1.807, 2.05) is 0 Å². The lowest BCUT2D eigenvalue weighted by Gasteiger charge is -2.25. The summed E-state index contributed by atoms with van der Waals surface area (Å²) in [6, 6.07) is 4.62. The molecule has 94 valence electrons. The number of aliphatic hydroxyl groups is 1. The number of para-hydroxylation sites is 1. The van der Waals surface area contributed by atoms with Gasteiger partial charge in [-0.3, -0.25) is 4.79 Å². The highest BCUT2D eigenvalue weighted by molar-refractivity contribution is 5.98. The molecule has 1 aromatic carbocycles. The van der Waals surface area contributed by atoms with Gasteiger partial charge in [-0.25, -0.2) is 0 Å². The van der Waals surface area contributed by atoms with Crippen molar-refractivity contribution in [1.82, 2.24) is 5.32 Å². The number of amides is 1. The molecule has 0 radical (unpaired) electrons. The number of hydrogen-bond acceptors (Lipinski definition) is 4. The van der Waals surface area contributed by atoms with Gasteiger partial charge in [0.05, 0.1) is 11.3 Å². The second kappa shape index (κ2) is 5.05. The van der Waals surface area contributed by atoms with Crippen LogP contribution >= 0.6 is 0 Å². The Hall–Kier alpha value is -1.75. The van der Waals surface area contributed by atoms with E-state index in [9.17, 15) is 9.90 Å². The van der Waals surface area contributed by atoms with Crippen LogP contribution in [0.5, 0.6) is 5.75 Å². The predicted molar refractivity (Wildman–Crippen MR) is 65.8 cm³/mol. The molecular formula is C12H18N2O3. The van der Waals surface area contributed by atoms with Gasteiger partial charge in [-0.2, -0.15) is 0 Å². The summed E-state index contributed by atoms with van der Waals surface area (Å²) in [4.78, 5) is 11.9. The molecule has 0 aromatic heterocycles. The van der Waals surface area contributed by atoms with Gasteiger partial charge in [-0.15, -0.1) is 0 Å². The van der Waals surface area contributed by atoms with Crippen LogP contribution in [0.25, 0.3) is 0 Å². The topological polar surface area (TPSA) is 95.6 Å². The second-order valence-corrected chi connectivity index (χ2v) is 4.56. The molecule has 5 N–H and O–H groups in total. The molecule has 0 aliphatic heterocycles. The largest absolute Gasteiger partial charge is 0.505 e. The third kappa shape index (κ3) is 3.35. The van der Waals surface area contributed by atoms with Crippen LogP contribution in [0.1, 0.15) is 30.6 Å². The Morgan fingerprint density at radius 3 is 2.71 bits per heavy atom. The van der Waals surface area contributed by atoms with Crippen molar-refractivity contribution in [2.24, 2.45) is 0 Å². The van der Waals surface area contributed by atoms with E-state index >= 15 is 0 Å². The smallest absolute Gasteiger partial charge is 0.255 e. The summed E-state index contributed by atoms with van der Waals surface area (Å²) in [5.41, 5.74) is 5.27. The summed E-state index contributed by atoms with van der Waals surface area (Å²) in [7, 11) is 0. The third-order valence-corrected chi connectivity index (χ3v) is 2.50. The first-order chi connectivity index (χ1) is 7.87. The van der Waals surface area contributed by atoms with Gasteiger partial charge >= 0.3 is 0 Å². The van der Waals surface area contributed by atoms with E-state index in [0.29, 0.717) is 6.42 Å². The van der Waals surface area contributed by atoms with Gasteiger partial charge < -0.3 is 21.3 Å². The first kappa shape index (κ1) is 13.3. The third-order valence-electron chi connectivity index (χ3n) is 2.50. The molecule has 0 atom stereocenters. The number of anilines is 1. The number of carbonyl (C=O) groups excluding carboxylic acids is 1. The number of aliphatic hydroxyl groups excluding tert-OH is 1. The molecule has 5 heteroatoms. The SMILES string of the molecule is CC(C)(CCO)NC(=O)c1cccc(N)c1O. The van der Waals surface area contributed by atoms with Gasteiger partial charge in [0, 0.05) is 12.1 Å². The average molecular weight is 238 g/mol. The van der Waals surface area contributed by atoms with Gasteiger partial charge in [-0.1, -0.05) is 6.07 Å². The quantitative estimate of drug-likeness (QED) is 0.462. The van der Waals surface area contributed by atoms with E-state index in [1.54, 1.807) is 19.9 Å². The van der Waals surface area contributed by atoms with Gasteiger partial charge in [0.2, 0.25) is 0 Å². The lowest BCUT2D eigenvalue weighted by Crippen LogP contribution is -2.44. The molecule has 1 amide bonds. The minimum Gasteiger partial charge on any atom is -0.505 e. The highest BCUT2D eigenvalue weighted by Gasteiger charge is 2.22. The number of phenols is 1. The maximum Gasteiger partial charge on any atom is 0.255 e. The number of carbonyl (C=O) groups is 1. The van der Waals surface area contributed by atoms with Crippen molar-refractivity contribution in [1.29, 1.82) is 0 Å². The van der Waals surface area contributed by atoms with Crippen molar-refractivity contribution in [3.63, 3.8) is 0 Å². The Morgan fingerprint density at radius 1 is 1.47 bits per heavy atom. The van der Waals surface area contributed by atoms with E-state index in [0.717, 1.165) is 0 Å². The Labute approximate surface area is 100 Å². The number of rotatable bonds is 4. The first-order valence-electron chi connectivity index (χ1n) is 5.38. The fourth-order valence-electron chi connectivity index (χ4n) is 1.46. The standard InChI is InChI=1S/C12H18N2O3/c1-12(2,6-7-15)14-11(17)8-4-3-5-9(13)10(8)16/h3-5,15-16H,6-7,13H2,1-2H3,(H,14,17). The molecule has 0 aliphatic carbocycles. The number of nitrogens with one attached hydrogen (secondary N) is 1. The minimum atomic E-state index is -0.539. The summed E-state index contributed by atoms with van der Waals surface area (Å²) in [6.07, 6.45) is 0.432. The molecule has 1 aromatic rings. The van der Waals surface area contributed by atoms with Crippen LogP contribution in [0.2, 0.25) is 0 Å². The Balaban J connectivity index is 2.87. The zero-order chi connectivity index (χ0) is 13.1. The van der Waals surface area contributed by atoms with Crippen LogP contribution in [0.3, 0.4) is 0 Å². The van der Waals surface area contributed by atoms with Crippen LogP contribution < -0.4 is 11.1 Å². The number of phenolic OH excluding ortho intramolecular Hbond substituents is 1. The first-order valence-corrected chi connectivity index (χ1v) is 5.38. The van der Waals surface area contributed by atoms with Crippen molar-refractivity contribution in [3.05, 3.63) is 23.8 Å². The van der Waals surface area contributed by atoms with E-state index < -0.39 is 11.4 Å². The van der Waals surface area contributed by atoms with Gasteiger partial charge in [-0.05, 0) is 32.4 Å². The number of aromatic hydroxyl groups is 1. The Kier molecular flexibility index (Phi) is 3.96. The second-order valence-electron chi connectivity index (χ2n) is 4.56. The van der Waals surface area contributed by atoms with Crippen LogP contribution in [0.15, 0.2) is 18.2 Å². The molecule has 0 saturated heterocycles. The number of benzene rings is 1. The molecule has 1 rings (SSSR count). The molecule has 0 heterocycles. The Bertz CT molecular complexity index is 416. The van der Waals surface area contributed by atoms with Crippen molar-refractivity contribution >= 4 is 11.6 Å². The van der Waals surface area contributed by atoms with E-state index in [4.69, 9.17) is 10.8 Å². The summed E-state index contributed by atoms with van der Waals surface area (Å²) in [6.45, 7) is 3.57. The maximum atomic E-state index is 11.9. The lowest BCUT2D eigenvalue weighted by atomic mass is 10.0. The molecule has 5 nitrogen and oxygen atoms in total. The normalized spacial score (nSPS) is 11.2. The highest BCUT2D eigenvalue weighted by atomic mass is 16.3. The number of nitrogens with two attached hydrogens (primary N) is 1. The monoisotopic (exact) mass is 238 g/mol. The minimum absolute atomic E-state index is 0.0177. The van der Waals surface area contributed by atoms with E-state index in [-0.39, 0.29) is 23.6 Å². The van der Waals surface area contributed by atoms with Crippen molar-refractivity contribution < 1.29 is 15.0 Å². The van der Waals surface area contributed by atoms with Crippen molar-refractivity contribution in [3.8, 4) is 5.75 Å². The highest BCUT2D eigenvalue weighted by Crippen LogP contribution is 2.24. The molecule has 0 spiro atoms. The van der Waals surface area contributed by atoms with Gasteiger partial charge in [0.15, 0.2) is 5.75 Å². The van der Waals surface area contributed by atoms with E-state index in [1.165, 1.54) is 12.1 Å². The number of hydrogen-bond donors (Lipinski definition) is 4. The van der Waals surface area contributed by atoms with Crippen LogP contribution in [-0.4, -0.2) is 28.3 Å². The summed E-state index contributed by atoms with van der Waals surface area (Å²) < 4.78 is 0. The maximum absolute atomic E-state index is 11.9. The van der Waals surface area contributed by atoms with Crippen LogP contribution in [-0.2, 0) is 0 Å². The summed E-state index contributed by atoms with van der Waals surface area (Å²) >= 11 is 0. The molecule has 0 fully saturated rings. The summed E-state index contributed by atoms with van der Waals surface area (Å²) in [5.74, 6) is -0.627. The Morgan fingerprint density at radius 2 is 2.12 bits per heavy atom. The van der Waals surface area contributed by atoms with Crippen LogP contribution in [0, 0.1) is 0 Å². The van der Waals surface area contributed by atoms with Gasteiger partial charge in [0.25, 0.3) is 5.91 Å². The molecule has 0 unspecified atom stereocenters. The van der Waals surface area contributed by atoms with Crippen molar-refractivity contribution in [2.45, 2.75) is 25.8 Å². The van der Waals surface area contributed by atoms with Crippen LogP contribution in [0.4, 0.5) is 5.69 Å². The van der Waals surface area contributed by atoms with Gasteiger partial charge in [0.1, 0.15) is 0 Å².